The van der Waals surface area contributed by atoms with E-state index in [2.05, 4.69) is 9.72 Å². The van der Waals surface area contributed by atoms with Gasteiger partial charge < -0.3 is 9.72 Å². The molecule has 0 amide bonds. The van der Waals surface area contributed by atoms with Crippen LogP contribution in [0.2, 0.25) is 0 Å². The molecule has 1 rings (SSSR count). The monoisotopic (exact) mass is 126 g/mol. The lowest BCUT2D eigenvalue weighted by molar-refractivity contribution is 0.0595. The van der Waals surface area contributed by atoms with Crippen molar-refractivity contribution < 1.29 is 10.9 Å². The molecule has 0 aliphatic rings. The summed E-state index contributed by atoms with van der Waals surface area (Å²) in [6, 6.07) is 3.00. The molecule has 0 radical (unpaired) electrons. The molecular weight excluding hydrogens is 118 g/mol. The average Bonchev–Trinajstić information content (AvgIpc) is 2.34. The van der Waals surface area contributed by atoms with Crippen LogP contribution in [-0.2, 0) is 4.74 Å². The Morgan fingerprint density at radius 2 is 2.78 bits per heavy atom. The molecule has 3 nitrogen and oxygen atoms in total. The zero-order valence-corrected chi connectivity index (χ0v) is 4.97. The van der Waals surface area contributed by atoms with Crippen LogP contribution in [0.3, 0.4) is 0 Å². The van der Waals surface area contributed by atoms with Crippen molar-refractivity contribution in [2.24, 2.45) is 0 Å². The molecule has 0 saturated heterocycles. The van der Waals surface area contributed by atoms with E-state index < -0.39 is 5.97 Å². The SMILES string of the molecule is [2H]c1ccc(C(=O)OC)[nH]1. The van der Waals surface area contributed by atoms with Crippen molar-refractivity contribution in [1.82, 2.24) is 4.98 Å². The Balaban J connectivity index is 2.85. The summed E-state index contributed by atoms with van der Waals surface area (Å²) in [7, 11) is 1.30. The first-order chi connectivity index (χ1) is 4.74. The first-order valence-electron chi connectivity index (χ1n) is 2.98. The fraction of sp³-hybridized carbons (Fsp3) is 0.167. The largest absolute Gasteiger partial charge is 0.464 e. The number of hydrogen-bond acceptors (Lipinski definition) is 2. The maximum atomic E-state index is 10.7. The Labute approximate surface area is 54.1 Å². The quantitative estimate of drug-likeness (QED) is 0.565. The number of aromatic amines is 1. The Bertz CT molecular complexity index is 244. The van der Waals surface area contributed by atoms with Gasteiger partial charge in [0.1, 0.15) is 5.69 Å². The molecule has 1 aromatic heterocycles. The highest BCUT2D eigenvalue weighted by molar-refractivity contribution is 5.87. The van der Waals surface area contributed by atoms with Crippen LogP contribution < -0.4 is 0 Å². The number of nitrogens with one attached hydrogen (secondary N) is 1. The maximum absolute atomic E-state index is 10.7. The molecule has 0 saturated carbocycles. The number of rotatable bonds is 1. The first kappa shape index (κ1) is 4.61. The third-order valence-electron chi connectivity index (χ3n) is 0.945. The number of carbonyl (C=O) groups is 1. The summed E-state index contributed by atoms with van der Waals surface area (Å²) < 4.78 is 11.4. The molecule has 9 heavy (non-hydrogen) atoms. The molecule has 0 aliphatic carbocycles. The normalized spacial score (nSPS) is 10.6. The minimum absolute atomic E-state index is 0.209. The zero-order valence-electron chi connectivity index (χ0n) is 5.97. The van der Waals surface area contributed by atoms with Crippen molar-refractivity contribution in [3.05, 3.63) is 24.0 Å². The summed E-state index contributed by atoms with van der Waals surface area (Å²) in [5.74, 6) is -0.446. The maximum Gasteiger partial charge on any atom is 0.354 e. The molecule has 1 aromatic rings. The van der Waals surface area contributed by atoms with Gasteiger partial charge in [0.25, 0.3) is 0 Å². The molecular formula is C6H7NO2. The van der Waals surface area contributed by atoms with Crippen LogP contribution in [0.4, 0.5) is 0 Å². The predicted octanol–water partition coefficient (Wildman–Crippen LogP) is 0.801. The van der Waals surface area contributed by atoms with Gasteiger partial charge in [-0.1, -0.05) is 0 Å². The molecule has 0 atom stereocenters. The molecule has 0 fully saturated rings. The number of methoxy groups -OCH3 is 1. The molecule has 0 bridgehead atoms. The number of carbonyl (C=O) groups excluding carboxylic acids is 1. The van der Waals surface area contributed by atoms with Gasteiger partial charge in [0.15, 0.2) is 0 Å². The smallest absolute Gasteiger partial charge is 0.354 e. The molecule has 0 spiro atoms. The molecule has 48 valence electrons. The van der Waals surface area contributed by atoms with E-state index in [0.717, 1.165) is 0 Å². The molecule has 0 unspecified atom stereocenters. The summed E-state index contributed by atoms with van der Waals surface area (Å²) in [5, 5.41) is 0. The van der Waals surface area contributed by atoms with Gasteiger partial charge in [-0.15, -0.1) is 0 Å². The summed E-state index contributed by atoms with van der Waals surface area (Å²) in [6.45, 7) is 0. The van der Waals surface area contributed by atoms with Crippen molar-refractivity contribution in [2.45, 2.75) is 0 Å². The number of aromatic nitrogens is 1. The van der Waals surface area contributed by atoms with E-state index in [1.165, 1.54) is 19.2 Å². The lowest BCUT2D eigenvalue weighted by Crippen LogP contribution is -2.00. The molecule has 1 heterocycles. The number of hydrogen-bond donors (Lipinski definition) is 1. The van der Waals surface area contributed by atoms with Gasteiger partial charge in [0.2, 0.25) is 0 Å². The number of H-pyrrole nitrogens is 1. The van der Waals surface area contributed by atoms with Crippen LogP contribution in [0.1, 0.15) is 11.9 Å². The van der Waals surface area contributed by atoms with E-state index in [4.69, 9.17) is 1.37 Å². The highest BCUT2D eigenvalue weighted by atomic mass is 16.5. The van der Waals surface area contributed by atoms with E-state index in [0.29, 0.717) is 5.69 Å². The van der Waals surface area contributed by atoms with Crippen molar-refractivity contribution >= 4 is 5.97 Å². The fourth-order valence-corrected chi connectivity index (χ4v) is 0.515. The van der Waals surface area contributed by atoms with Crippen LogP contribution in [0.5, 0.6) is 0 Å². The fourth-order valence-electron chi connectivity index (χ4n) is 0.515. The summed E-state index contributed by atoms with van der Waals surface area (Å²) >= 11 is 0. The van der Waals surface area contributed by atoms with Crippen LogP contribution in [0.25, 0.3) is 0 Å². The molecule has 0 aliphatic heterocycles. The topological polar surface area (TPSA) is 42.1 Å². The average molecular weight is 126 g/mol. The second kappa shape index (κ2) is 2.35. The Morgan fingerprint density at radius 1 is 2.00 bits per heavy atom. The highest BCUT2D eigenvalue weighted by Crippen LogP contribution is 1.94. The number of esters is 1. The van der Waals surface area contributed by atoms with Gasteiger partial charge in [-0.25, -0.2) is 4.79 Å². The van der Waals surface area contributed by atoms with Crippen molar-refractivity contribution in [2.75, 3.05) is 7.11 Å². The molecule has 3 heteroatoms. The standard InChI is InChI=1S/C6H7NO2/c1-9-6(8)5-3-2-4-7-5/h2-4,7H,1H3/i4D. The Hall–Kier alpha value is -1.25. The van der Waals surface area contributed by atoms with E-state index in [1.807, 2.05) is 0 Å². The van der Waals surface area contributed by atoms with Crippen LogP contribution in [-0.4, -0.2) is 18.1 Å². The van der Waals surface area contributed by atoms with Crippen LogP contribution in [0, 0.1) is 0 Å². The lowest BCUT2D eigenvalue weighted by atomic mass is 10.4. The zero-order chi connectivity index (χ0) is 7.56. The first-order valence-corrected chi connectivity index (χ1v) is 2.48. The summed E-state index contributed by atoms with van der Waals surface area (Å²) in [4.78, 5) is 13.2. The minimum Gasteiger partial charge on any atom is -0.464 e. The summed E-state index contributed by atoms with van der Waals surface area (Å²) in [5.41, 5.74) is 0.313. The van der Waals surface area contributed by atoms with Gasteiger partial charge >= 0.3 is 5.97 Å². The van der Waals surface area contributed by atoms with Crippen molar-refractivity contribution in [1.29, 1.82) is 0 Å². The van der Waals surface area contributed by atoms with E-state index in [1.54, 1.807) is 0 Å². The van der Waals surface area contributed by atoms with Gasteiger partial charge in [-0.3, -0.25) is 0 Å². The van der Waals surface area contributed by atoms with E-state index in [9.17, 15) is 4.79 Å². The highest BCUT2D eigenvalue weighted by Gasteiger charge is 2.02. The van der Waals surface area contributed by atoms with Gasteiger partial charge in [0, 0.05) is 6.17 Å². The van der Waals surface area contributed by atoms with E-state index >= 15 is 0 Å². The second-order valence-electron chi connectivity index (χ2n) is 1.51. The Kier molecular flexibility index (Phi) is 1.20. The summed E-state index contributed by atoms with van der Waals surface area (Å²) in [6.07, 6.45) is 0.209. The lowest BCUT2D eigenvalue weighted by Gasteiger charge is -1.91. The van der Waals surface area contributed by atoms with Crippen LogP contribution >= 0.6 is 0 Å². The predicted molar refractivity (Wildman–Crippen MR) is 32.1 cm³/mol. The van der Waals surface area contributed by atoms with Gasteiger partial charge in [0.05, 0.1) is 8.48 Å². The molecule has 1 N–H and O–H groups in total. The van der Waals surface area contributed by atoms with Gasteiger partial charge in [-0.05, 0) is 12.1 Å². The molecule has 0 aromatic carbocycles. The Morgan fingerprint density at radius 3 is 3.22 bits per heavy atom. The van der Waals surface area contributed by atoms with Gasteiger partial charge in [-0.2, -0.15) is 0 Å². The third kappa shape index (κ3) is 1.10. The van der Waals surface area contributed by atoms with Crippen LogP contribution in [0.15, 0.2) is 18.3 Å². The minimum atomic E-state index is -0.446. The van der Waals surface area contributed by atoms with Crippen molar-refractivity contribution in [3.63, 3.8) is 0 Å². The van der Waals surface area contributed by atoms with Crippen molar-refractivity contribution in [3.8, 4) is 0 Å². The third-order valence-corrected chi connectivity index (χ3v) is 0.945. The second-order valence-corrected chi connectivity index (χ2v) is 1.51. The number of ether oxygens (including phenoxy) is 1. The van der Waals surface area contributed by atoms with E-state index in [-0.39, 0.29) is 6.17 Å².